The Hall–Kier alpha value is -1.10. The SMILES string of the molecule is CCOC(=O)c1ccccc1CON.Cl. The van der Waals surface area contributed by atoms with E-state index in [2.05, 4.69) is 4.84 Å². The fourth-order valence-corrected chi connectivity index (χ4v) is 1.14. The van der Waals surface area contributed by atoms with Crippen LogP contribution < -0.4 is 5.90 Å². The number of benzene rings is 1. The molecule has 0 spiro atoms. The number of esters is 1. The van der Waals surface area contributed by atoms with Gasteiger partial charge in [0.1, 0.15) is 0 Å². The maximum atomic E-state index is 11.4. The summed E-state index contributed by atoms with van der Waals surface area (Å²) in [6.45, 7) is 2.32. The highest BCUT2D eigenvalue weighted by Gasteiger charge is 2.10. The Kier molecular flexibility index (Phi) is 6.70. The number of hydrogen-bond acceptors (Lipinski definition) is 4. The van der Waals surface area contributed by atoms with Crippen molar-refractivity contribution in [1.29, 1.82) is 0 Å². The van der Waals surface area contributed by atoms with Gasteiger partial charge in [-0.25, -0.2) is 10.7 Å². The van der Waals surface area contributed by atoms with E-state index in [9.17, 15) is 4.79 Å². The molecular formula is C10H14ClNO3. The Morgan fingerprint density at radius 3 is 2.67 bits per heavy atom. The maximum absolute atomic E-state index is 11.4. The Balaban J connectivity index is 0.00000196. The highest BCUT2D eigenvalue weighted by atomic mass is 35.5. The first-order valence-corrected chi connectivity index (χ1v) is 4.36. The highest BCUT2D eigenvalue weighted by Crippen LogP contribution is 2.10. The zero-order chi connectivity index (χ0) is 10.4. The van der Waals surface area contributed by atoms with Crippen LogP contribution in [0.5, 0.6) is 0 Å². The first-order chi connectivity index (χ1) is 6.79. The van der Waals surface area contributed by atoms with Gasteiger partial charge >= 0.3 is 5.97 Å². The van der Waals surface area contributed by atoms with Crippen molar-refractivity contribution in [2.75, 3.05) is 6.61 Å². The van der Waals surface area contributed by atoms with Gasteiger partial charge in [-0.05, 0) is 18.6 Å². The van der Waals surface area contributed by atoms with E-state index in [1.54, 1.807) is 25.1 Å². The van der Waals surface area contributed by atoms with Crippen LogP contribution in [0.25, 0.3) is 0 Å². The average molecular weight is 232 g/mol. The largest absolute Gasteiger partial charge is 0.462 e. The molecule has 0 bridgehead atoms. The molecule has 1 aromatic carbocycles. The molecule has 0 unspecified atom stereocenters. The smallest absolute Gasteiger partial charge is 0.338 e. The fourth-order valence-electron chi connectivity index (χ4n) is 1.14. The second-order valence-corrected chi connectivity index (χ2v) is 2.69. The van der Waals surface area contributed by atoms with Crippen molar-refractivity contribution in [3.8, 4) is 0 Å². The van der Waals surface area contributed by atoms with Crippen molar-refractivity contribution in [2.24, 2.45) is 5.90 Å². The summed E-state index contributed by atoms with van der Waals surface area (Å²) in [4.78, 5) is 15.9. The molecule has 0 fully saturated rings. The molecule has 0 aliphatic carbocycles. The number of carbonyl (C=O) groups excluding carboxylic acids is 1. The lowest BCUT2D eigenvalue weighted by molar-refractivity contribution is 0.0518. The van der Waals surface area contributed by atoms with Gasteiger partial charge in [-0.3, -0.25) is 4.84 Å². The molecular weight excluding hydrogens is 218 g/mol. The Bertz CT molecular complexity index is 317. The number of nitrogens with two attached hydrogens (primary N) is 1. The molecule has 0 amide bonds. The molecule has 5 heteroatoms. The molecule has 2 N–H and O–H groups in total. The first kappa shape index (κ1) is 13.9. The molecule has 0 saturated carbocycles. The van der Waals surface area contributed by atoms with Crippen LogP contribution in [0, 0.1) is 0 Å². The molecule has 0 aliphatic heterocycles. The lowest BCUT2D eigenvalue weighted by atomic mass is 10.1. The summed E-state index contributed by atoms with van der Waals surface area (Å²) in [5, 5.41) is 0. The van der Waals surface area contributed by atoms with Crippen molar-refractivity contribution >= 4 is 18.4 Å². The third kappa shape index (κ3) is 3.87. The maximum Gasteiger partial charge on any atom is 0.338 e. The van der Waals surface area contributed by atoms with Gasteiger partial charge in [0, 0.05) is 0 Å². The van der Waals surface area contributed by atoms with Crippen molar-refractivity contribution in [2.45, 2.75) is 13.5 Å². The predicted molar refractivity (Wildman–Crippen MR) is 58.6 cm³/mol. The minimum Gasteiger partial charge on any atom is -0.462 e. The summed E-state index contributed by atoms with van der Waals surface area (Å²) in [6, 6.07) is 7.05. The normalized spacial score (nSPS) is 9.20. The zero-order valence-corrected chi connectivity index (χ0v) is 9.25. The summed E-state index contributed by atoms with van der Waals surface area (Å²) >= 11 is 0. The van der Waals surface area contributed by atoms with Gasteiger partial charge in [0.25, 0.3) is 0 Å². The van der Waals surface area contributed by atoms with E-state index in [4.69, 9.17) is 10.6 Å². The van der Waals surface area contributed by atoms with Gasteiger partial charge in [0.15, 0.2) is 0 Å². The van der Waals surface area contributed by atoms with Gasteiger partial charge in [-0.1, -0.05) is 18.2 Å². The molecule has 4 nitrogen and oxygen atoms in total. The molecule has 1 aromatic rings. The van der Waals surface area contributed by atoms with Crippen molar-refractivity contribution in [1.82, 2.24) is 0 Å². The fraction of sp³-hybridized carbons (Fsp3) is 0.300. The van der Waals surface area contributed by atoms with Gasteiger partial charge < -0.3 is 4.74 Å². The topological polar surface area (TPSA) is 61.5 Å². The van der Waals surface area contributed by atoms with Crippen molar-refractivity contribution in [3.63, 3.8) is 0 Å². The van der Waals surface area contributed by atoms with Crippen LogP contribution in [-0.4, -0.2) is 12.6 Å². The summed E-state index contributed by atoms with van der Waals surface area (Å²) in [6.07, 6.45) is 0. The molecule has 1 rings (SSSR count). The third-order valence-corrected chi connectivity index (χ3v) is 1.75. The summed E-state index contributed by atoms with van der Waals surface area (Å²) in [7, 11) is 0. The van der Waals surface area contributed by atoms with E-state index in [1.807, 2.05) is 6.07 Å². The van der Waals surface area contributed by atoms with E-state index in [-0.39, 0.29) is 25.0 Å². The lowest BCUT2D eigenvalue weighted by Gasteiger charge is -2.06. The van der Waals surface area contributed by atoms with Crippen LogP contribution in [0.1, 0.15) is 22.8 Å². The van der Waals surface area contributed by atoms with Gasteiger partial charge in [-0.15, -0.1) is 12.4 Å². The van der Waals surface area contributed by atoms with Gasteiger partial charge in [-0.2, -0.15) is 0 Å². The van der Waals surface area contributed by atoms with Crippen LogP contribution >= 0.6 is 12.4 Å². The predicted octanol–water partition coefficient (Wildman–Crippen LogP) is 1.68. The highest BCUT2D eigenvalue weighted by molar-refractivity contribution is 5.91. The van der Waals surface area contributed by atoms with Crippen LogP contribution in [0.15, 0.2) is 24.3 Å². The van der Waals surface area contributed by atoms with Crippen LogP contribution in [0.3, 0.4) is 0 Å². The van der Waals surface area contributed by atoms with Gasteiger partial charge in [0.2, 0.25) is 0 Å². The van der Waals surface area contributed by atoms with Gasteiger partial charge in [0.05, 0.1) is 18.8 Å². The molecule has 84 valence electrons. The number of halogens is 1. The third-order valence-electron chi connectivity index (χ3n) is 1.75. The van der Waals surface area contributed by atoms with Crippen molar-refractivity contribution < 1.29 is 14.4 Å². The van der Waals surface area contributed by atoms with Crippen LogP contribution in [0.2, 0.25) is 0 Å². The molecule has 0 aromatic heterocycles. The Morgan fingerprint density at radius 1 is 1.40 bits per heavy atom. The lowest BCUT2D eigenvalue weighted by Crippen LogP contribution is -2.10. The number of ether oxygens (including phenoxy) is 1. The minimum absolute atomic E-state index is 0. The number of carbonyl (C=O) groups is 1. The zero-order valence-electron chi connectivity index (χ0n) is 8.43. The molecule has 0 aliphatic rings. The summed E-state index contributed by atoms with van der Waals surface area (Å²) < 4.78 is 4.88. The number of rotatable bonds is 4. The number of hydrogen-bond donors (Lipinski definition) is 1. The Labute approximate surface area is 94.7 Å². The van der Waals surface area contributed by atoms with E-state index >= 15 is 0 Å². The van der Waals surface area contributed by atoms with Crippen LogP contribution in [-0.2, 0) is 16.2 Å². The van der Waals surface area contributed by atoms with E-state index in [1.165, 1.54) is 0 Å². The minimum atomic E-state index is -0.347. The van der Waals surface area contributed by atoms with E-state index in [0.717, 1.165) is 5.56 Å². The van der Waals surface area contributed by atoms with E-state index < -0.39 is 0 Å². The molecule has 0 heterocycles. The van der Waals surface area contributed by atoms with Crippen molar-refractivity contribution in [3.05, 3.63) is 35.4 Å². The monoisotopic (exact) mass is 231 g/mol. The second-order valence-electron chi connectivity index (χ2n) is 2.69. The molecule has 0 atom stereocenters. The average Bonchev–Trinajstić information content (AvgIpc) is 2.19. The first-order valence-electron chi connectivity index (χ1n) is 4.36. The quantitative estimate of drug-likeness (QED) is 0.633. The van der Waals surface area contributed by atoms with Crippen LogP contribution in [0.4, 0.5) is 0 Å². The standard InChI is InChI=1S/C10H13NO3.ClH/c1-2-13-10(12)9-6-4-3-5-8(9)7-14-11;/h3-6H,2,7,11H2,1H3;1H. The van der Waals surface area contributed by atoms with E-state index in [0.29, 0.717) is 12.2 Å². The summed E-state index contributed by atoms with van der Waals surface area (Å²) in [5.74, 6) is 4.60. The Morgan fingerprint density at radius 2 is 2.07 bits per heavy atom. The summed E-state index contributed by atoms with van der Waals surface area (Å²) in [5.41, 5.74) is 1.23. The second kappa shape index (κ2) is 7.23. The molecule has 0 radical (unpaired) electrons. The molecule has 15 heavy (non-hydrogen) atoms. The molecule has 0 saturated heterocycles.